The van der Waals surface area contributed by atoms with Crippen molar-refractivity contribution in [3.05, 3.63) is 18.2 Å². The van der Waals surface area contributed by atoms with Gasteiger partial charge in [-0.3, -0.25) is 0 Å². The van der Waals surface area contributed by atoms with Crippen molar-refractivity contribution in [2.24, 2.45) is 0 Å². The van der Waals surface area contributed by atoms with Crippen LogP contribution in [-0.4, -0.2) is 41.2 Å². The number of anilines is 1. The van der Waals surface area contributed by atoms with Crippen LogP contribution in [0.5, 0.6) is 5.75 Å². The molecule has 19 heavy (non-hydrogen) atoms. The average Bonchev–Trinajstić information content (AvgIpc) is 2.93. The van der Waals surface area contributed by atoms with Crippen LogP contribution in [0.4, 0.5) is 5.95 Å². The Kier molecular flexibility index (Phi) is 3.06. The first-order chi connectivity index (χ1) is 9.20. The number of benzene rings is 1. The Hall–Kier alpha value is -1.75. The molecule has 3 rings (SSSR count). The molecule has 1 atom stereocenters. The summed E-state index contributed by atoms with van der Waals surface area (Å²) in [4.78, 5) is 6.82. The van der Waals surface area contributed by atoms with Crippen LogP contribution in [0.2, 0.25) is 0 Å². The number of likely N-dealkylation sites (N-methyl/N-ethyl adjacent to an activating group) is 1. The summed E-state index contributed by atoms with van der Waals surface area (Å²) in [6.07, 6.45) is 1.12. The molecular formula is C14H20N4O. The summed E-state index contributed by atoms with van der Waals surface area (Å²) in [6, 6.07) is 6.43. The van der Waals surface area contributed by atoms with E-state index >= 15 is 0 Å². The Balaban J connectivity index is 2.09. The molecule has 1 unspecified atom stereocenters. The average molecular weight is 260 g/mol. The zero-order valence-electron chi connectivity index (χ0n) is 11.5. The zero-order chi connectivity index (χ0) is 13.4. The van der Waals surface area contributed by atoms with E-state index in [2.05, 4.69) is 27.6 Å². The highest BCUT2D eigenvalue weighted by Crippen LogP contribution is 2.32. The smallest absolute Gasteiger partial charge is 0.201 e. The first kappa shape index (κ1) is 12.3. The molecule has 5 heteroatoms. The molecular weight excluding hydrogens is 240 g/mol. The molecule has 0 radical (unpaired) electrons. The SMILES string of the molecule is CCOc1cccc2c1nc(N)n2C1CCN(C)C1. The summed E-state index contributed by atoms with van der Waals surface area (Å²) >= 11 is 0. The molecule has 1 aliphatic heterocycles. The highest BCUT2D eigenvalue weighted by atomic mass is 16.5. The van der Waals surface area contributed by atoms with E-state index in [0.717, 1.165) is 36.3 Å². The molecule has 0 amide bonds. The van der Waals surface area contributed by atoms with E-state index in [4.69, 9.17) is 10.5 Å². The second-order valence-corrected chi connectivity index (χ2v) is 5.10. The predicted octanol–water partition coefficient (Wildman–Crippen LogP) is 1.89. The molecule has 1 fully saturated rings. The zero-order valence-corrected chi connectivity index (χ0v) is 11.5. The normalized spacial score (nSPS) is 20.2. The fraction of sp³-hybridized carbons (Fsp3) is 0.500. The number of hydrogen-bond donors (Lipinski definition) is 1. The van der Waals surface area contributed by atoms with Crippen molar-refractivity contribution < 1.29 is 4.74 Å². The number of rotatable bonds is 3. The van der Waals surface area contributed by atoms with Gasteiger partial charge < -0.3 is 19.9 Å². The van der Waals surface area contributed by atoms with E-state index in [1.165, 1.54) is 0 Å². The minimum absolute atomic E-state index is 0.409. The molecule has 102 valence electrons. The van der Waals surface area contributed by atoms with Crippen LogP contribution in [-0.2, 0) is 0 Å². The van der Waals surface area contributed by atoms with E-state index in [-0.39, 0.29) is 0 Å². The number of fused-ring (bicyclic) bond motifs is 1. The lowest BCUT2D eigenvalue weighted by molar-refractivity contribution is 0.343. The monoisotopic (exact) mass is 260 g/mol. The maximum absolute atomic E-state index is 6.12. The lowest BCUT2D eigenvalue weighted by Gasteiger charge is -2.15. The summed E-state index contributed by atoms with van der Waals surface area (Å²) in [6.45, 7) is 4.74. The summed E-state index contributed by atoms with van der Waals surface area (Å²) in [5, 5.41) is 0. The van der Waals surface area contributed by atoms with Gasteiger partial charge in [0.05, 0.1) is 18.2 Å². The van der Waals surface area contributed by atoms with E-state index in [9.17, 15) is 0 Å². The van der Waals surface area contributed by atoms with Gasteiger partial charge in [-0.1, -0.05) is 6.07 Å². The van der Waals surface area contributed by atoms with Gasteiger partial charge in [0.25, 0.3) is 0 Å². The largest absolute Gasteiger partial charge is 0.492 e. The van der Waals surface area contributed by atoms with Gasteiger partial charge in [0, 0.05) is 6.54 Å². The molecule has 1 aromatic carbocycles. The number of nitrogens with zero attached hydrogens (tertiary/aromatic N) is 3. The van der Waals surface area contributed by atoms with E-state index in [1.54, 1.807) is 0 Å². The first-order valence-electron chi connectivity index (χ1n) is 6.78. The Labute approximate surface area is 113 Å². The fourth-order valence-corrected chi connectivity index (χ4v) is 2.89. The molecule has 0 bridgehead atoms. The lowest BCUT2D eigenvalue weighted by Crippen LogP contribution is -2.17. The molecule has 1 saturated heterocycles. The molecule has 5 nitrogen and oxygen atoms in total. The van der Waals surface area contributed by atoms with Crippen molar-refractivity contribution in [3.63, 3.8) is 0 Å². The first-order valence-corrected chi connectivity index (χ1v) is 6.78. The number of nitrogen functional groups attached to an aromatic ring is 1. The van der Waals surface area contributed by atoms with Crippen LogP contribution < -0.4 is 10.5 Å². The van der Waals surface area contributed by atoms with Crippen LogP contribution in [0.25, 0.3) is 11.0 Å². The Morgan fingerprint density at radius 3 is 3.00 bits per heavy atom. The molecule has 2 heterocycles. The number of ether oxygens (including phenoxy) is 1. The van der Waals surface area contributed by atoms with Crippen LogP contribution in [0.3, 0.4) is 0 Å². The van der Waals surface area contributed by atoms with Gasteiger partial charge in [-0.05, 0) is 39.1 Å². The summed E-state index contributed by atoms with van der Waals surface area (Å²) in [5.41, 5.74) is 8.07. The molecule has 1 aromatic heterocycles. The topological polar surface area (TPSA) is 56.3 Å². The molecule has 0 saturated carbocycles. The van der Waals surface area contributed by atoms with Crippen molar-refractivity contribution in [2.45, 2.75) is 19.4 Å². The van der Waals surface area contributed by atoms with E-state index in [1.807, 2.05) is 19.1 Å². The van der Waals surface area contributed by atoms with Gasteiger partial charge in [-0.2, -0.15) is 0 Å². The number of hydrogen-bond acceptors (Lipinski definition) is 4. The Bertz CT molecular complexity index is 592. The second-order valence-electron chi connectivity index (χ2n) is 5.10. The molecule has 1 aliphatic rings. The highest BCUT2D eigenvalue weighted by Gasteiger charge is 2.25. The third-order valence-corrected chi connectivity index (χ3v) is 3.74. The van der Waals surface area contributed by atoms with Gasteiger partial charge in [0.1, 0.15) is 11.3 Å². The van der Waals surface area contributed by atoms with E-state index < -0.39 is 0 Å². The van der Waals surface area contributed by atoms with Gasteiger partial charge in [-0.25, -0.2) is 4.98 Å². The van der Waals surface area contributed by atoms with Gasteiger partial charge in [0.2, 0.25) is 5.95 Å². The van der Waals surface area contributed by atoms with Crippen LogP contribution in [0.15, 0.2) is 18.2 Å². The van der Waals surface area contributed by atoms with Crippen molar-refractivity contribution in [1.82, 2.24) is 14.5 Å². The minimum atomic E-state index is 0.409. The maximum atomic E-state index is 6.12. The molecule has 0 aliphatic carbocycles. The number of imidazole rings is 1. The summed E-state index contributed by atoms with van der Waals surface area (Å²) < 4.78 is 7.78. The van der Waals surface area contributed by atoms with E-state index in [0.29, 0.717) is 18.6 Å². The predicted molar refractivity (Wildman–Crippen MR) is 76.5 cm³/mol. The molecule has 0 spiro atoms. The number of aromatic nitrogens is 2. The van der Waals surface area contributed by atoms with Crippen molar-refractivity contribution in [2.75, 3.05) is 32.5 Å². The number of likely N-dealkylation sites (tertiary alicyclic amines) is 1. The molecule has 2 N–H and O–H groups in total. The lowest BCUT2D eigenvalue weighted by atomic mass is 10.2. The van der Waals surface area contributed by atoms with Crippen LogP contribution >= 0.6 is 0 Å². The summed E-state index contributed by atoms with van der Waals surface area (Å²) in [7, 11) is 2.14. The Morgan fingerprint density at radius 2 is 2.32 bits per heavy atom. The van der Waals surface area contributed by atoms with Crippen LogP contribution in [0.1, 0.15) is 19.4 Å². The van der Waals surface area contributed by atoms with Crippen molar-refractivity contribution >= 4 is 17.0 Å². The van der Waals surface area contributed by atoms with Crippen molar-refractivity contribution in [3.8, 4) is 5.75 Å². The third kappa shape index (κ3) is 2.04. The van der Waals surface area contributed by atoms with Crippen LogP contribution in [0, 0.1) is 0 Å². The quantitative estimate of drug-likeness (QED) is 0.915. The Morgan fingerprint density at radius 1 is 1.47 bits per heavy atom. The standard InChI is InChI=1S/C14H20N4O/c1-3-19-12-6-4-5-11-13(12)16-14(15)18(11)10-7-8-17(2)9-10/h4-6,10H,3,7-9H2,1-2H3,(H2,15,16). The summed E-state index contributed by atoms with van der Waals surface area (Å²) in [5.74, 6) is 1.40. The minimum Gasteiger partial charge on any atom is -0.492 e. The van der Waals surface area contributed by atoms with Gasteiger partial charge >= 0.3 is 0 Å². The van der Waals surface area contributed by atoms with Gasteiger partial charge in [-0.15, -0.1) is 0 Å². The second kappa shape index (κ2) is 4.74. The maximum Gasteiger partial charge on any atom is 0.201 e. The fourth-order valence-electron chi connectivity index (χ4n) is 2.89. The van der Waals surface area contributed by atoms with Crippen molar-refractivity contribution in [1.29, 1.82) is 0 Å². The molecule has 2 aromatic rings. The third-order valence-electron chi connectivity index (χ3n) is 3.74. The highest BCUT2D eigenvalue weighted by molar-refractivity contribution is 5.84. The number of para-hydroxylation sites is 1. The van der Waals surface area contributed by atoms with Gasteiger partial charge in [0.15, 0.2) is 0 Å². The number of nitrogens with two attached hydrogens (primary N) is 1.